The van der Waals surface area contributed by atoms with Gasteiger partial charge in [-0.05, 0) is 67.1 Å². The number of para-hydroxylation sites is 1. The average Bonchev–Trinajstić information content (AvgIpc) is 3.16. The number of halogens is 1. The van der Waals surface area contributed by atoms with Crippen molar-refractivity contribution < 1.29 is 13.9 Å². The van der Waals surface area contributed by atoms with Crippen LogP contribution in [0.1, 0.15) is 49.1 Å². The van der Waals surface area contributed by atoms with E-state index in [-0.39, 0.29) is 17.4 Å². The first-order chi connectivity index (χ1) is 15.6. The van der Waals surface area contributed by atoms with Crippen molar-refractivity contribution in [3.8, 4) is 5.75 Å². The maximum Gasteiger partial charge on any atom is 0.220 e. The van der Waals surface area contributed by atoms with Crippen LogP contribution in [0.3, 0.4) is 0 Å². The summed E-state index contributed by atoms with van der Waals surface area (Å²) >= 11 is 6.27. The Hall–Kier alpha value is -2.98. The van der Waals surface area contributed by atoms with Crippen LogP contribution in [0.5, 0.6) is 5.75 Å². The van der Waals surface area contributed by atoms with Crippen LogP contribution < -0.4 is 10.1 Å². The summed E-state index contributed by atoms with van der Waals surface area (Å²) in [4.78, 5) is 13.0. The van der Waals surface area contributed by atoms with Crippen LogP contribution in [0.4, 0.5) is 0 Å². The highest BCUT2D eigenvalue weighted by atomic mass is 35.5. The topological polar surface area (TPSA) is 51.5 Å². The van der Waals surface area contributed by atoms with Crippen molar-refractivity contribution in [1.82, 2.24) is 5.32 Å². The lowest BCUT2D eigenvalue weighted by Crippen LogP contribution is -2.47. The second kappa shape index (κ2) is 7.56. The predicted octanol–water partition coefficient (Wildman–Crippen LogP) is 6.73. The summed E-state index contributed by atoms with van der Waals surface area (Å²) in [5, 5.41) is 5.97. The highest BCUT2D eigenvalue weighted by Crippen LogP contribution is 2.51. The maximum absolute atomic E-state index is 13.0. The van der Waals surface area contributed by atoms with E-state index in [1.807, 2.05) is 48.5 Å². The molecule has 3 aromatic carbocycles. The van der Waals surface area contributed by atoms with Crippen LogP contribution in [-0.2, 0) is 11.3 Å². The van der Waals surface area contributed by atoms with E-state index in [9.17, 15) is 4.79 Å². The van der Waals surface area contributed by atoms with E-state index >= 15 is 0 Å². The molecule has 0 radical (unpaired) electrons. The van der Waals surface area contributed by atoms with E-state index in [2.05, 4.69) is 17.4 Å². The van der Waals surface area contributed by atoms with E-state index < -0.39 is 0 Å². The summed E-state index contributed by atoms with van der Waals surface area (Å²) in [5.41, 5.74) is 3.72. The summed E-state index contributed by atoms with van der Waals surface area (Å²) in [6.45, 7) is 0.469. The van der Waals surface area contributed by atoms with Crippen LogP contribution in [-0.4, -0.2) is 11.5 Å². The van der Waals surface area contributed by atoms with E-state index in [1.54, 1.807) is 0 Å². The first kappa shape index (κ1) is 19.7. The van der Waals surface area contributed by atoms with Crippen molar-refractivity contribution in [2.75, 3.05) is 0 Å². The van der Waals surface area contributed by atoms with Gasteiger partial charge in [-0.2, -0.15) is 0 Å². The van der Waals surface area contributed by atoms with Crippen LogP contribution in [0.15, 0.2) is 65.1 Å². The molecular formula is C27H24ClNO3. The van der Waals surface area contributed by atoms with Gasteiger partial charge in [0.1, 0.15) is 22.5 Å². The molecule has 2 heterocycles. The SMILES string of the molecule is O=C(CC1CC2(CCC2)Oc2ccc(Cl)cc21)NCc1cccc2oc3ccccc3c12. The van der Waals surface area contributed by atoms with Gasteiger partial charge in [0, 0.05) is 34.7 Å². The number of hydrogen-bond donors (Lipinski definition) is 1. The molecule has 32 heavy (non-hydrogen) atoms. The van der Waals surface area contributed by atoms with Gasteiger partial charge in [0.2, 0.25) is 5.91 Å². The number of hydrogen-bond acceptors (Lipinski definition) is 3. The Morgan fingerprint density at radius 2 is 1.91 bits per heavy atom. The number of furan rings is 1. The van der Waals surface area contributed by atoms with Gasteiger partial charge in [0.05, 0.1) is 0 Å². The molecule has 4 nitrogen and oxygen atoms in total. The highest BCUT2D eigenvalue weighted by Gasteiger charge is 2.45. The van der Waals surface area contributed by atoms with Gasteiger partial charge in [-0.15, -0.1) is 0 Å². The van der Waals surface area contributed by atoms with E-state index in [0.29, 0.717) is 18.0 Å². The first-order valence-electron chi connectivity index (χ1n) is 11.2. The summed E-state index contributed by atoms with van der Waals surface area (Å²) < 4.78 is 12.3. The standard InChI is InChI=1S/C27H24ClNO3/c28-19-9-10-23-21(14-19)18(15-27(32-23)11-4-12-27)13-25(30)29-16-17-5-3-8-24-26(17)20-6-1-2-7-22(20)31-24/h1-3,5-10,14,18H,4,11-13,15-16H2,(H,29,30). The second-order valence-electron chi connectivity index (χ2n) is 9.09. The maximum atomic E-state index is 13.0. The number of rotatable bonds is 4. The van der Waals surface area contributed by atoms with Gasteiger partial charge in [0.25, 0.3) is 0 Å². The molecule has 1 saturated carbocycles. The molecule has 0 bridgehead atoms. The molecule has 5 heteroatoms. The van der Waals surface area contributed by atoms with Gasteiger partial charge in [-0.25, -0.2) is 0 Å². The Morgan fingerprint density at radius 1 is 1.06 bits per heavy atom. The normalized spacial score (nSPS) is 18.8. The zero-order valence-corrected chi connectivity index (χ0v) is 18.5. The fraction of sp³-hybridized carbons (Fsp3) is 0.296. The fourth-order valence-electron chi connectivity index (χ4n) is 5.31. The van der Waals surface area contributed by atoms with E-state index in [0.717, 1.165) is 58.1 Å². The molecule has 1 N–H and O–H groups in total. The number of benzene rings is 3. The summed E-state index contributed by atoms with van der Waals surface area (Å²) in [5.74, 6) is 1.04. The van der Waals surface area contributed by atoms with Crippen LogP contribution >= 0.6 is 11.6 Å². The van der Waals surface area contributed by atoms with Gasteiger partial charge in [-0.1, -0.05) is 41.9 Å². The number of carbonyl (C=O) groups excluding carboxylic acids is 1. The minimum Gasteiger partial charge on any atom is -0.487 e. The van der Waals surface area contributed by atoms with Crippen LogP contribution in [0, 0.1) is 0 Å². The third-order valence-electron chi connectivity index (χ3n) is 7.02. The molecular weight excluding hydrogens is 422 g/mol. The molecule has 1 spiro atoms. The molecule has 4 aromatic rings. The Balaban J connectivity index is 1.23. The number of ether oxygens (including phenoxy) is 1. The largest absolute Gasteiger partial charge is 0.487 e. The Morgan fingerprint density at radius 3 is 2.75 bits per heavy atom. The van der Waals surface area contributed by atoms with E-state index in [4.69, 9.17) is 20.8 Å². The number of carbonyl (C=O) groups is 1. The quantitative estimate of drug-likeness (QED) is 0.378. The summed E-state index contributed by atoms with van der Waals surface area (Å²) in [6, 6.07) is 19.8. The van der Waals surface area contributed by atoms with Gasteiger partial charge in [-0.3, -0.25) is 4.79 Å². The zero-order chi connectivity index (χ0) is 21.7. The van der Waals surface area contributed by atoms with E-state index in [1.165, 1.54) is 6.42 Å². The molecule has 162 valence electrons. The molecule has 1 amide bonds. The monoisotopic (exact) mass is 445 g/mol. The molecule has 1 fully saturated rings. The van der Waals surface area contributed by atoms with Gasteiger partial charge < -0.3 is 14.5 Å². The molecule has 2 aliphatic rings. The third kappa shape index (κ3) is 3.34. The Labute approximate surface area is 191 Å². The minimum atomic E-state index is -0.104. The summed E-state index contributed by atoms with van der Waals surface area (Å²) in [6.07, 6.45) is 4.60. The highest BCUT2D eigenvalue weighted by molar-refractivity contribution is 6.30. The summed E-state index contributed by atoms with van der Waals surface area (Å²) in [7, 11) is 0. The Kier molecular flexibility index (Phi) is 4.65. The lowest BCUT2D eigenvalue weighted by atomic mass is 9.70. The molecule has 1 aliphatic carbocycles. The number of fused-ring (bicyclic) bond motifs is 4. The molecule has 6 rings (SSSR count). The third-order valence-corrected chi connectivity index (χ3v) is 7.25. The fourth-order valence-corrected chi connectivity index (χ4v) is 5.49. The van der Waals surface area contributed by atoms with Gasteiger partial charge in [0.15, 0.2) is 0 Å². The molecule has 0 saturated heterocycles. The van der Waals surface area contributed by atoms with Gasteiger partial charge >= 0.3 is 0 Å². The van der Waals surface area contributed by atoms with Crippen molar-refractivity contribution in [2.45, 2.75) is 50.2 Å². The lowest BCUT2D eigenvalue weighted by molar-refractivity contribution is -0.122. The molecule has 1 atom stereocenters. The molecule has 1 aromatic heterocycles. The molecule has 1 aliphatic heterocycles. The van der Waals surface area contributed by atoms with Crippen molar-refractivity contribution >= 4 is 39.4 Å². The minimum absolute atomic E-state index is 0.0436. The van der Waals surface area contributed by atoms with Crippen molar-refractivity contribution in [1.29, 1.82) is 0 Å². The Bertz CT molecular complexity index is 1340. The number of nitrogens with one attached hydrogen (secondary N) is 1. The van der Waals surface area contributed by atoms with Crippen molar-refractivity contribution in [2.24, 2.45) is 0 Å². The average molecular weight is 446 g/mol. The first-order valence-corrected chi connectivity index (χ1v) is 11.6. The lowest BCUT2D eigenvalue weighted by Gasteiger charge is -2.48. The number of amides is 1. The smallest absolute Gasteiger partial charge is 0.220 e. The van der Waals surface area contributed by atoms with Crippen LogP contribution in [0.2, 0.25) is 5.02 Å². The second-order valence-corrected chi connectivity index (χ2v) is 9.53. The predicted molar refractivity (Wildman–Crippen MR) is 126 cm³/mol. The van der Waals surface area contributed by atoms with Crippen molar-refractivity contribution in [3.63, 3.8) is 0 Å². The van der Waals surface area contributed by atoms with Crippen LogP contribution in [0.25, 0.3) is 21.9 Å². The zero-order valence-electron chi connectivity index (χ0n) is 17.7. The molecule has 1 unspecified atom stereocenters. The van der Waals surface area contributed by atoms with Crippen molar-refractivity contribution in [3.05, 3.63) is 76.8 Å².